The molecule has 3 fully saturated rings. The van der Waals surface area contributed by atoms with Crippen LogP contribution in [-0.2, 0) is 14.3 Å². The highest BCUT2D eigenvalue weighted by molar-refractivity contribution is 5.85. The van der Waals surface area contributed by atoms with E-state index in [1.54, 1.807) is 0 Å². The molecule has 17 heavy (non-hydrogen) atoms. The van der Waals surface area contributed by atoms with E-state index in [0.29, 0.717) is 12.2 Å². The zero-order chi connectivity index (χ0) is 12.2. The molecule has 3 aliphatic rings. The van der Waals surface area contributed by atoms with Crippen LogP contribution in [0.25, 0.3) is 0 Å². The summed E-state index contributed by atoms with van der Waals surface area (Å²) in [5, 5.41) is 0. The van der Waals surface area contributed by atoms with Gasteiger partial charge in [0.05, 0.1) is 5.92 Å². The van der Waals surface area contributed by atoms with E-state index >= 15 is 0 Å². The molecule has 0 aromatic heterocycles. The van der Waals surface area contributed by atoms with Gasteiger partial charge in [-0.15, -0.1) is 0 Å². The first-order chi connectivity index (χ1) is 8.00. The Balaban J connectivity index is 1.99. The number of carbonyl (C=O) groups excluding carboxylic acids is 2. The van der Waals surface area contributed by atoms with Gasteiger partial charge >= 0.3 is 5.97 Å². The summed E-state index contributed by atoms with van der Waals surface area (Å²) in [5.74, 6) is 0.564. The first-order valence-electron chi connectivity index (χ1n) is 6.74. The minimum Gasteiger partial charge on any atom is -0.461 e. The van der Waals surface area contributed by atoms with Gasteiger partial charge in [-0.05, 0) is 19.3 Å². The van der Waals surface area contributed by atoms with Gasteiger partial charge in [-0.3, -0.25) is 9.59 Å². The van der Waals surface area contributed by atoms with Crippen LogP contribution >= 0.6 is 0 Å². The van der Waals surface area contributed by atoms with Crippen molar-refractivity contribution in [2.45, 2.75) is 52.1 Å². The molecule has 0 bridgehead atoms. The van der Waals surface area contributed by atoms with E-state index in [2.05, 4.69) is 13.8 Å². The minimum atomic E-state index is -0.0486. The fourth-order valence-corrected chi connectivity index (χ4v) is 4.14. The van der Waals surface area contributed by atoms with Crippen LogP contribution in [0.3, 0.4) is 0 Å². The molecule has 0 amide bonds. The number of Topliss-reactive ketones (excluding diaryl/α,β-unsaturated/α-hetero) is 1. The van der Waals surface area contributed by atoms with Crippen molar-refractivity contribution >= 4 is 11.8 Å². The molecular formula is C14H20O3. The smallest absolute Gasteiger partial charge is 0.309 e. The van der Waals surface area contributed by atoms with Gasteiger partial charge in [0.1, 0.15) is 11.9 Å². The zero-order valence-corrected chi connectivity index (χ0v) is 10.6. The van der Waals surface area contributed by atoms with Crippen LogP contribution < -0.4 is 0 Å². The van der Waals surface area contributed by atoms with Crippen molar-refractivity contribution in [1.29, 1.82) is 0 Å². The number of hydrogen-bond acceptors (Lipinski definition) is 3. The fourth-order valence-electron chi connectivity index (χ4n) is 4.14. The maximum absolute atomic E-state index is 12.2. The van der Waals surface area contributed by atoms with Gasteiger partial charge in [0, 0.05) is 23.7 Å². The van der Waals surface area contributed by atoms with Crippen molar-refractivity contribution < 1.29 is 14.3 Å². The third-order valence-corrected chi connectivity index (χ3v) is 4.94. The summed E-state index contributed by atoms with van der Waals surface area (Å²) in [7, 11) is 0. The predicted octanol–water partition coefficient (Wildman–Crippen LogP) is 2.33. The SMILES string of the molecule is CC1(C)C[C@@H]2C(=O)CCCC[C@@H]3C(=O)O[C@H]1[C@H]23. The molecule has 0 aromatic rings. The second-order valence-corrected chi connectivity index (χ2v) is 6.55. The Kier molecular flexibility index (Phi) is 2.36. The van der Waals surface area contributed by atoms with Crippen LogP contribution in [-0.4, -0.2) is 17.9 Å². The standard InChI is InChI=1S/C14H20O3/c1-14(2)7-9-10(15)6-4-3-5-8-11(9)12(14)17-13(8)16/h8-9,11-12H,3-7H2,1-2H3/t8-,9+,11-,12-/m0/s1. The Hall–Kier alpha value is -0.860. The summed E-state index contributed by atoms with van der Waals surface area (Å²) >= 11 is 0. The molecule has 3 nitrogen and oxygen atoms in total. The molecule has 1 aliphatic heterocycles. The first-order valence-corrected chi connectivity index (χ1v) is 6.74. The Labute approximate surface area is 102 Å². The predicted molar refractivity (Wildman–Crippen MR) is 62.2 cm³/mol. The highest BCUT2D eigenvalue weighted by Crippen LogP contribution is 2.55. The lowest BCUT2D eigenvalue weighted by molar-refractivity contribution is -0.148. The van der Waals surface area contributed by atoms with Crippen molar-refractivity contribution in [1.82, 2.24) is 0 Å². The van der Waals surface area contributed by atoms with Crippen LogP contribution in [0.1, 0.15) is 46.0 Å². The molecule has 0 aromatic carbocycles. The van der Waals surface area contributed by atoms with Crippen LogP contribution in [0.15, 0.2) is 0 Å². The molecule has 3 heteroatoms. The Morgan fingerprint density at radius 1 is 1.18 bits per heavy atom. The highest BCUT2D eigenvalue weighted by Gasteiger charge is 2.60. The first kappa shape index (κ1) is 11.2. The maximum atomic E-state index is 12.2. The summed E-state index contributed by atoms with van der Waals surface area (Å²) in [6, 6.07) is 0. The lowest BCUT2D eigenvalue weighted by atomic mass is 9.76. The normalized spacial score (nSPS) is 43.9. The molecule has 0 unspecified atom stereocenters. The van der Waals surface area contributed by atoms with Crippen LogP contribution in [0.5, 0.6) is 0 Å². The van der Waals surface area contributed by atoms with E-state index in [-0.39, 0.29) is 35.2 Å². The third kappa shape index (κ3) is 1.54. The number of ketones is 1. The van der Waals surface area contributed by atoms with Gasteiger partial charge in [0.2, 0.25) is 0 Å². The number of hydrogen-bond donors (Lipinski definition) is 0. The summed E-state index contributed by atoms with van der Waals surface area (Å²) in [6.07, 6.45) is 4.42. The Morgan fingerprint density at radius 2 is 1.94 bits per heavy atom. The quantitative estimate of drug-likeness (QED) is 0.606. The molecule has 2 aliphatic carbocycles. The van der Waals surface area contributed by atoms with E-state index < -0.39 is 0 Å². The lowest BCUT2D eigenvalue weighted by Crippen LogP contribution is -2.30. The molecule has 0 N–H and O–H groups in total. The van der Waals surface area contributed by atoms with E-state index in [1.165, 1.54) is 0 Å². The van der Waals surface area contributed by atoms with Crippen molar-refractivity contribution in [3.63, 3.8) is 0 Å². The zero-order valence-electron chi connectivity index (χ0n) is 10.6. The average Bonchev–Trinajstić information content (AvgIpc) is 2.68. The third-order valence-electron chi connectivity index (χ3n) is 4.94. The summed E-state index contributed by atoms with van der Waals surface area (Å²) in [5.41, 5.74) is -0.0280. The van der Waals surface area contributed by atoms with Crippen molar-refractivity contribution in [3.8, 4) is 0 Å². The molecule has 1 heterocycles. The molecule has 1 saturated heterocycles. The van der Waals surface area contributed by atoms with E-state index in [9.17, 15) is 9.59 Å². The van der Waals surface area contributed by atoms with Gasteiger partial charge in [-0.1, -0.05) is 20.3 Å². The molecule has 2 saturated carbocycles. The number of carbonyl (C=O) groups is 2. The van der Waals surface area contributed by atoms with E-state index in [0.717, 1.165) is 25.7 Å². The van der Waals surface area contributed by atoms with E-state index in [1.807, 2.05) is 0 Å². The molecule has 0 radical (unpaired) electrons. The Morgan fingerprint density at radius 3 is 2.71 bits per heavy atom. The largest absolute Gasteiger partial charge is 0.461 e. The van der Waals surface area contributed by atoms with Crippen molar-refractivity contribution in [3.05, 3.63) is 0 Å². The van der Waals surface area contributed by atoms with Crippen LogP contribution in [0, 0.1) is 23.2 Å². The summed E-state index contributed by atoms with van der Waals surface area (Å²) in [6.45, 7) is 4.26. The second kappa shape index (κ2) is 3.56. The number of esters is 1. The van der Waals surface area contributed by atoms with Gasteiger partial charge in [0.25, 0.3) is 0 Å². The number of rotatable bonds is 0. The van der Waals surface area contributed by atoms with Gasteiger partial charge in [0.15, 0.2) is 0 Å². The highest BCUT2D eigenvalue weighted by atomic mass is 16.6. The maximum Gasteiger partial charge on any atom is 0.309 e. The summed E-state index contributed by atoms with van der Waals surface area (Å²) < 4.78 is 5.58. The molecule has 0 spiro atoms. The molecule has 3 rings (SSSR count). The molecular weight excluding hydrogens is 216 g/mol. The topological polar surface area (TPSA) is 43.4 Å². The monoisotopic (exact) mass is 236 g/mol. The second-order valence-electron chi connectivity index (χ2n) is 6.55. The average molecular weight is 236 g/mol. The van der Waals surface area contributed by atoms with Crippen molar-refractivity contribution in [2.24, 2.45) is 23.2 Å². The van der Waals surface area contributed by atoms with Gasteiger partial charge in [-0.2, -0.15) is 0 Å². The minimum absolute atomic E-state index is 0.00368. The molecule has 94 valence electrons. The summed E-state index contributed by atoms with van der Waals surface area (Å²) in [4.78, 5) is 24.1. The molecule has 4 atom stereocenters. The van der Waals surface area contributed by atoms with Crippen molar-refractivity contribution in [2.75, 3.05) is 0 Å². The fraction of sp³-hybridized carbons (Fsp3) is 0.857. The van der Waals surface area contributed by atoms with E-state index in [4.69, 9.17) is 4.74 Å². The van der Waals surface area contributed by atoms with Gasteiger partial charge < -0.3 is 4.74 Å². The van der Waals surface area contributed by atoms with Crippen LogP contribution in [0.4, 0.5) is 0 Å². The van der Waals surface area contributed by atoms with Crippen LogP contribution in [0.2, 0.25) is 0 Å². The lowest BCUT2D eigenvalue weighted by Gasteiger charge is -2.24. The van der Waals surface area contributed by atoms with Gasteiger partial charge in [-0.25, -0.2) is 0 Å². The number of ether oxygens (including phenoxy) is 1. The Bertz CT molecular complexity index is 372.